The number of H-pyrrole nitrogens is 1. The van der Waals surface area contributed by atoms with E-state index in [0.717, 1.165) is 6.08 Å². The molecule has 0 saturated carbocycles. The van der Waals surface area contributed by atoms with E-state index in [9.17, 15) is 13.6 Å². The van der Waals surface area contributed by atoms with Gasteiger partial charge >= 0.3 is 0 Å². The fraction of sp³-hybridized carbons (Fsp3) is 0.200. The lowest BCUT2D eigenvalue weighted by atomic mass is 9.98. The lowest BCUT2D eigenvalue weighted by Gasteiger charge is -2.08. The van der Waals surface area contributed by atoms with Crippen LogP contribution in [0.25, 0.3) is 0 Å². The van der Waals surface area contributed by atoms with Gasteiger partial charge in [0.15, 0.2) is 5.83 Å². The first-order valence-corrected chi connectivity index (χ1v) is 6.59. The summed E-state index contributed by atoms with van der Waals surface area (Å²) in [5.74, 6) is -2.47. The number of Topliss-reactive ketones (excluding diaryl/α,β-unsaturated/α-hetero) is 1. The van der Waals surface area contributed by atoms with Crippen LogP contribution in [-0.4, -0.2) is 23.5 Å². The van der Waals surface area contributed by atoms with Gasteiger partial charge in [-0.15, -0.1) is 0 Å². The van der Waals surface area contributed by atoms with Gasteiger partial charge in [0, 0.05) is 24.5 Å². The maximum atomic E-state index is 14.2. The highest BCUT2D eigenvalue weighted by molar-refractivity contribution is 6.19. The van der Waals surface area contributed by atoms with Crippen molar-refractivity contribution in [2.24, 2.45) is 5.73 Å². The molecule has 1 aliphatic rings. The van der Waals surface area contributed by atoms with Crippen molar-refractivity contribution in [2.45, 2.75) is 13.3 Å². The largest absolute Gasteiger partial charge is 0.397 e. The number of rotatable bonds is 4. The lowest BCUT2D eigenvalue weighted by Crippen LogP contribution is -2.12. The zero-order chi connectivity index (χ0) is 16.4. The number of hydrogen-bond donors (Lipinski definition) is 4. The summed E-state index contributed by atoms with van der Waals surface area (Å²) in [6.07, 6.45) is 3.82. The third-order valence-corrected chi connectivity index (χ3v) is 3.32. The Morgan fingerprint density at radius 1 is 1.41 bits per heavy atom. The Morgan fingerprint density at radius 2 is 2.09 bits per heavy atom. The normalized spacial score (nSPS) is 15.1. The van der Waals surface area contributed by atoms with Crippen LogP contribution in [0.4, 0.5) is 14.6 Å². The molecule has 1 aromatic heterocycles. The molecule has 116 valence electrons. The molecule has 0 radical (unpaired) electrons. The van der Waals surface area contributed by atoms with E-state index < -0.39 is 23.0 Å². The summed E-state index contributed by atoms with van der Waals surface area (Å²) in [5, 5.41) is 10.6. The number of hydrogen-bond acceptors (Lipinski definition) is 4. The molecule has 5 N–H and O–H groups in total. The van der Waals surface area contributed by atoms with E-state index in [1.54, 1.807) is 7.05 Å². The number of carbonyl (C=O) groups excluding carboxylic acids is 1. The highest BCUT2D eigenvalue weighted by Crippen LogP contribution is 2.30. The van der Waals surface area contributed by atoms with Gasteiger partial charge in [-0.25, -0.2) is 8.78 Å². The topological polar surface area (TPSA) is 94.8 Å². The molecule has 1 heterocycles. The molecule has 0 saturated heterocycles. The smallest absolute Gasteiger partial charge is 0.201 e. The van der Waals surface area contributed by atoms with Gasteiger partial charge in [0.25, 0.3) is 0 Å². The standard InChI is InChI=1S/C15H16F2N4O/c1-7(18)11-8(6-21-15(11)20-2)14(22)12-9(16)4-3-5-10(19)13(12)17/h4-6,18,20-21H,3,19H2,1-2H3. The summed E-state index contributed by atoms with van der Waals surface area (Å²) in [5.41, 5.74) is 4.88. The molecule has 0 aromatic carbocycles. The SMILES string of the molecule is CNc1[nH]cc(C(=O)C2=C(F)C(N)=CCC=C2F)c1C(C)=N. The summed E-state index contributed by atoms with van der Waals surface area (Å²) in [6.45, 7) is 1.49. The van der Waals surface area contributed by atoms with E-state index in [1.807, 2.05) is 0 Å². The zero-order valence-corrected chi connectivity index (χ0v) is 12.2. The first kappa shape index (κ1) is 15.7. The third-order valence-electron chi connectivity index (χ3n) is 3.32. The molecule has 0 aliphatic heterocycles. The Kier molecular flexibility index (Phi) is 4.25. The fourth-order valence-electron chi connectivity index (χ4n) is 2.26. The third kappa shape index (κ3) is 2.57. The fourth-order valence-corrected chi connectivity index (χ4v) is 2.26. The quantitative estimate of drug-likeness (QED) is 0.509. The van der Waals surface area contributed by atoms with Crippen molar-refractivity contribution in [2.75, 3.05) is 12.4 Å². The van der Waals surface area contributed by atoms with Gasteiger partial charge in [0.1, 0.15) is 11.6 Å². The van der Waals surface area contributed by atoms with Gasteiger partial charge in [-0.05, 0) is 19.4 Å². The van der Waals surface area contributed by atoms with Crippen molar-refractivity contribution < 1.29 is 13.6 Å². The molecular formula is C15H16F2N4O. The molecule has 2 rings (SSSR count). The van der Waals surface area contributed by atoms with Gasteiger partial charge in [-0.1, -0.05) is 6.08 Å². The van der Waals surface area contributed by atoms with Crippen LogP contribution in [0, 0.1) is 5.41 Å². The zero-order valence-electron chi connectivity index (χ0n) is 12.2. The van der Waals surface area contributed by atoms with Crippen molar-refractivity contribution in [3.63, 3.8) is 0 Å². The number of nitrogens with two attached hydrogens (primary N) is 1. The van der Waals surface area contributed by atoms with Crippen LogP contribution in [-0.2, 0) is 0 Å². The number of aromatic nitrogens is 1. The molecule has 0 spiro atoms. The number of carbonyl (C=O) groups is 1. The molecular weight excluding hydrogens is 290 g/mol. The van der Waals surface area contributed by atoms with Gasteiger partial charge in [-0.3, -0.25) is 4.79 Å². The van der Waals surface area contributed by atoms with Crippen LogP contribution in [0.2, 0.25) is 0 Å². The second-order valence-corrected chi connectivity index (χ2v) is 4.79. The molecule has 0 amide bonds. The second-order valence-electron chi connectivity index (χ2n) is 4.79. The summed E-state index contributed by atoms with van der Waals surface area (Å²) < 4.78 is 28.3. The first-order chi connectivity index (χ1) is 10.4. The molecule has 7 heteroatoms. The number of ketones is 1. The van der Waals surface area contributed by atoms with Crippen molar-refractivity contribution in [3.05, 3.63) is 52.4 Å². The highest BCUT2D eigenvalue weighted by Gasteiger charge is 2.28. The predicted molar refractivity (Wildman–Crippen MR) is 81.4 cm³/mol. The molecule has 0 bridgehead atoms. The minimum atomic E-state index is -1.09. The van der Waals surface area contributed by atoms with Gasteiger partial charge in [0.05, 0.1) is 16.8 Å². The van der Waals surface area contributed by atoms with Crippen molar-refractivity contribution in [1.29, 1.82) is 5.41 Å². The van der Waals surface area contributed by atoms with Crippen molar-refractivity contribution in [1.82, 2.24) is 4.98 Å². The van der Waals surface area contributed by atoms with Crippen molar-refractivity contribution in [3.8, 4) is 0 Å². The van der Waals surface area contributed by atoms with E-state index in [0.29, 0.717) is 5.82 Å². The summed E-state index contributed by atoms with van der Waals surface area (Å²) in [4.78, 5) is 15.3. The van der Waals surface area contributed by atoms with E-state index in [2.05, 4.69) is 10.3 Å². The van der Waals surface area contributed by atoms with Gasteiger partial charge in [0.2, 0.25) is 5.78 Å². The Hall–Kier alpha value is -2.70. The molecule has 22 heavy (non-hydrogen) atoms. The van der Waals surface area contributed by atoms with Gasteiger partial charge in [-0.2, -0.15) is 0 Å². The van der Waals surface area contributed by atoms with Crippen LogP contribution >= 0.6 is 0 Å². The van der Waals surface area contributed by atoms with Gasteiger partial charge < -0.3 is 21.4 Å². The summed E-state index contributed by atoms with van der Waals surface area (Å²) >= 11 is 0. The van der Waals surface area contributed by atoms with Crippen LogP contribution < -0.4 is 11.1 Å². The van der Waals surface area contributed by atoms with Crippen molar-refractivity contribution >= 4 is 17.3 Å². The maximum Gasteiger partial charge on any atom is 0.201 e. The van der Waals surface area contributed by atoms with Crippen LogP contribution in [0.5, 0.6) is 0 Å². The minimum absolute atomic E-state index is 0.0141. The highest BCUT2D eigenvalue weighted by atomic mass is 19.1. The Bertz CT molecular complexity index is 741. The summed E-state index contributed by atoms with van der Waals surface area (Å²) in [7, 11) is 1.61. The molecule has 0 unspecified atom stereocenters. The number of anilines is 1. The molecule has 0 fully saturated rings. The molecule has 0 atom stereocenters. The minimum Gasteiger partial charge on any atom is -0.397 e. The molecule has 5 nitrogen and oxygen atoms in total. The monoisotopic (exact) mass is 306 g/mol. The Morgan fingerprint density at radius 3 is 2.68 bits per heavy atom. The van der Waals surface area contributed by atoms with E-state index in [-0.39, 0.29) is 29.0 Å². The Labute approximate surface area is 126 Å². The lowest BCUT2D eigenvalue weighted by molar-refractivity contribution is 0.103. The molecule has 1 aliphatic carbocycles. The van der Waals surface area contributed by atoms with E-state index >= 15 is 0 Å². The predicted octanol–water partition coefficient (Wildman–Crippen LogP) is 2.95. The summed E-state index contributed by atoms with van der Waals surface area (Å²) in [6, 6.07) is 0. The average Bonchev–Trinajstić information content (AvgIpc) is 2.85. The number of allylic oxidation sites excluding steroid dienone is 5. The number of halogens is 2. The van der Waals surface area contributed by atoms with Crippen LogP contribution in [0.1, 0.15) is 29.3 Å². The Balaban J connectivity index is 2.61. The second kappa shape index (κ2) is 5.97. The first-order valence-electron chi connectivity index (χ1n) is 6.59. The average molecular weight is 306 g/mol. The van der Waals surface area contributed by atoms with Crippen LogP contribution in [0.15, 0.2) is 41.3 Å². The molecule has 1 aromatic rings. The number of nitrogens with one attached hydrogen (secondary N) is 3. The van der Waals surface area contributed by atoms with E-state index in [1.165, 1.54) is 19.2 Å². The number of aromatic amines is 1. The van der Waals surface area contributed by atoms with E-state index in [4.69, 9.17) is 11.1 Å². The van der Waals surface area contributed by atoms with Crippen LogP contribution in [0.3, 0.4) is 0 Å². The maximum absolute atomic E-state index is 14.2.